The van der Waals surface area contributed by atoms with E-state index in [0.717, 1.165) is 5.56 Å². The topological polar surface area (TPSA) is 81.5 Å². The van der Waals surface area contributed by atoms with Crippen LogP contribution in [0.1, 0.15) is 26.3 Å². The fourth-order valence-electron chi connectivity index (χ4n) is 1.31. The summed E-state index contributed by atoms with van der Waals surface area (Å²) in [4.78, 5) is 21.8. The van der Waals surface area contributed by atoms with E-state index >= 15 is 0 Å². The summed E-state index contributed by atoms with van der Waals surface area (Å²) < 4.78 is 5.03. The summed E-state index contributed by atoms with van der Waals surface area (Å²) in [5.74, 6) is 0. The minimum Gasteiger partial charge on any atom is -0.444 e. The van der Waals surface area contributed by atoms with Gasteiger partial charge in [0.05, 0.1) is 4.92 Å². The Morgan fingerprint density at radius 3 is 2.50 bits per heavy atom. The van der Waals surface area contributed by atoms with Gasteiger partial charge in [-0.05, 0) is 39.3 Å². The van der Waals surface area contributed by atoms with Crippen molar-refractivity contribution in [3.63, 3.8) is 0 Å². The van der Waals surface area contributed by atoms with Gasteiger partial charge in [-0.3, -0.25) is 15.4 Å². The van der Waals surface area contributed by atoms with Crippen LogP contribution in [0.15, 0.2) is 18.2 Å². The molecule has 18 heavy (non-hydrogen) atoms. The summed E-state index contributed by atoms with van der Waals surface area (Å²) in [5, 5.41) is 13.2. The maximum absolute atomic E-state index is 11.5. The Hall–Kier alpha value is -2.11. The molecule has 0 aromatic heterocycles. The number of nitrogens with one attached hydrogen (secondary N) is 1. The number of hydrogen-bond donors (Lipinski definition) is 1. The Labute approximate surface area is 105 Å². The van der Waals surface area contributed by atoms with E-state index in [-0.39, 0.29) is 11.4 Å². The van der Waals surface area contributed by atoms with E-state index in [0.29, 0.717) is 0 Å². The molecule has 0 radical (unpaired) electrons. The number of rotatable bonds is 2. The summed E-state index contributed by atoms with van der Waals surface area (Å²) >= 11 is 0. The van der Waals surface area contributed by atoms with E-state index in [1.165, 1.54) is 12.1 Å². The lowest BCUT2D eigenvalue weighted by molar-refractivity contribution is -0.384. The molecular formula is C12H16N2O4. The van der Waals surface area contributed by atoms with Gasteiger partial charge in [-0.25, -0.2) is 4.79 Å². The Morgan fingerprint density at radius 2 is 2.00 bits per heavy atom. The molecule has 0 unspecified atom stereocenters. The molecule has 6 nitrogen and oxygen atoms in total. The van der Waals surface area contributed by atoms with Gasteiger partial charge in [-0.2, -0.15) is 0 Å². The molecule has 1 rings (SSSR count). The highest BCUT2D eigenvalue weighted by molar-refractivity contribution is 5.88. The van der Waals surface area contributed by atoms with Crippen LogP contribution in [0, 0.1) is 17.0 Å². The third-order valence-electron chi connectivity index (χ3n) is 1.99. The normalized spacial score (nSPS) is 10.9. The zero-order chi connectivity index (χ0) is 13.9. The molecule has 0 saturated heterocycles. The van der Waals surface area contributed by atoms with Gasteiger partial charge in [0, 0.05) is 6.07 Å². The molecule has 6 heteroatoms. The molecule has 0 aliphatic carbocycles. The van der Waals surface area contributed by atoms with Crippen LogP contribution >= 0.6 is 0 Å². The minimum atomic E-state index is -0.713. The number of aryl methyl sites for hydroxylation is 1. The average molecular weight is 252 g/mol. The van der Waals surface area contributed by atoms with Crippen molar-refractivity contribution < 1.29 is 14.5 Å². The van der Waals surface area contributed by atoms with Crippen LogP contribution in [0.5, 0.6) is 0 Å². The summed E-state index contributed by atoms with van der Waals surface area (Å²) in [5.41, 5.74) is 0.0703. The standard InChI is InChI=1S/C12H16N2O4/c1-8-5-6-9(10(7-8)14(16)17)13-11(15)18-12(2,3)4/h5-7H,1-4H3,(H,13,15). The average Bonchev–Trinajstić information content (AvgIpc) is 2.17. The highest BCUT2D eigenvalue weighted by Gasteiger charge is 2.20. The molecule has 0 aliphatic rings. The van der Waals surface area contributed by atoms with Crippen molar-refractivity contribution in [1.29, 1.82) is 0 Å². The molecule has 1 aromatic carbocycles. The fraction of sp³-hybridized carbons (Fsp3) is 0.417. The molecular weight excluding hydrogens is 236 g/mol. The number of ether oxygens (including phenoxy) is 1. The van der Waals surface area contributed by atoms with Gasteiger partial charge in [-0.15, -0.1) is 0 Å². The molecule has 0 heterocycles. The SMILES string of the molecule is Cc1ccc(NC(=O)OC(C)(C)C)c([N+](=O)[O-])c1. The minimum absolute atomic E-state index is 0.125. The number of benzene rings is 1. The van der Waals surface area contributed by atoms with E-state index in [9.17, 15) is 14.9 Å². The smallest absolute Gasteiger partial charge is 0.412 e. The molecule has 98 valence electrons. The van der Waals surface area contributed by atoms with Gasteiger partial charge in [0.2, 0.25) is 0 Å². The Kier molecular flexibility index (Phi) is 3.90. The predicted octanol–water partition coefficient (Wildman–Crippen LogP) is 3.25. The van der Waals surface area contributed by atoms with Crippen LogP contribution in [0.25, 0.3) is 0 Å². The van der Waals surface area contributed by atoms with Gasteiger partial charge in [-0.1, -0.05) is 6.07 Å². The third-order valence-corrected chi connectivity index (χ3v) is 1.99. The molecule has 0 spiro atoms. The van der Waals surface area contributed by atoms with Crippen molar-refractivity contribution in [1.82, 2.24) is 0 Å². The number of hydrogen-bond acceptors (Lipinski definition) is 4. The monoisotopic (exact) mass is 252 g/mol. The number of carbonyl (C=O) groups excluding carboxylic acids is 1. The van der Waals surface area contributed by atoms with E-state index in [4.69, 9.17) is 4.74 Å². The predicted molar refractivity (Wildman–Crippen MR) is 67.7 cm³/mol. The van der Waals surface area contributed by atoms with Crippen molar-refractivity contribution in [2.75, 3.05) is 5.32 Å². The highest BCUT2D eigenvalue weighted by Crippen LogP contribution is 2.25. The first-order chi connectivity index (χ1) is 8.19. The van der Waals surface area contributed by atoms with E-state index in [2.05, 4.69) is 5.32 Å². The van der Waals surface area contributed by atoms with Crippen molar-refractivity contribution in [2.24, 2.45) is 0 Å². The summed E-state index contributed by atoms with van der Waals surface area (Å²) in [6.07, 6.45) is -0.713. The Morgan fingerprint density at radius 1 is 1.39 bits per heavy atom. The lowest BCUT2D eigenvalue weighted by Crippen LogP contribution is -2.27. The Bertz CT molecular complexity index is 477. The maximum Gasteiger partial charge on any atom is 0.412 e. The Balaban J connectivity index is 2.91. The van der Waals surface area contributed by atoms with Crippen molar-refractivity contribution in [3.05, 3.63) is 33.9 Å². The fourth-order valence-corrected chi connectivity index (χ4v) is 1.31. The number of nitro benzene ring substituents is 1. The first-order valence-corrected chi connectivity index (χ1v) is 5.44. The first-order valence-electron chi connectivity index (χ1n) is 5.44. The summed E-state index contributed by atoms with van der Waals surface area (Å²) in [6.45, 7) is 6.90. The second kappa shape index (κ2) is 5.03. The van der Waals surface area contributed by atoms with Crippen LogP contribution in [0.3, 0.4) is 0 Å². The summed E-state index contributed by atoms with van der Waals surface area (Å²) in [7, 11) is 0. The van der Waals surface area contributed by atoms with Gasteiger partial charge < -0.3 is 4.74 Å². The van der Waals surface area contributed by atoms with Crippen molar-refractivity contribution in [3.8, 4) is 0 Å². The maximum atomic E-state index is 11.5. The van der Waals surface area contributed by atoms with E-state index < -0.39 is 16.6 Å². The number of anilines is 1. The largest absolute Gasteiger partial charge is 0.444 e. The molecule has 0 saturated carbocycles. The molecule has 0 bridgehead atoms. The third kappa shape index (κ3) is 4.04. The van der Waals surface area contributed by atoms with E-state index in [1.807, 2.05) is 0 Å². The van der Waals surface area contributed by atoms with Gasteiger partial charge >= 0.3 is 6.09 Å². The second-order valence-corrected chi connectivity index (χ2v) is 4.90. The highest BCUT2D eigenvalue weighted by atomic mass is 16.6. The lowest BCUT2D eigenvalue weighted by atomic mass is 10.2. The number of nitrogens with zero attached hydrogens (tertiary/aromatic N) is 1. The first kappa shape index (κ1) is 14.0. The zero-order valence-electron chi connectivity index (χ0n) is 10.8. The van der Waals surface area contributed by atoms with Gasteiger partial charge in [0.1, 0.15) is 11.3 Å². The van der Waals surface area contributed by atoms with Crippen LogP contribution in [-0.2, 0) is 4.74 Å². The molecule has 1 N–H and O–H groups in total. The van der Waals surface area contributed by atoms with Crippen LogP contribution in [0.4, 0.5) is 16.2 Å². The van der Waals surface area contributed by atoms with Crippen molar-refractivity contribution in [2.45, 2.75) is 33.3 Å². The van der Waals surface area contributed by atoms with Crippen LogP contribution in [-0.4, -0.2) is 16.6 Å². The lowest BCUT2D eigenvalue weighted by Gasteiger charge is -2.19. The van der Waals surface area contributed by atoms with E-state index in [1.54, 1.807) is 33.8 Å². The molecule has 1 amide bonds. The summed E-state index contributed by atoms with van der Waals surface area (Å²) in [6, 6.07) is 4.56. The molecule has 0 fully saturated rings. The zero-order valence-corrected chi connectivity index (χ0v) is 10.8. The van der Waals surface area contributed by atoms with Crippen molar-refractivity contribution >= 4 is 17.5 Å². The van der Waals surface area contributed by atoms with Gasteiger partial charge in [0.25, 0.3) is 5.69 Å². The molecule has 1 aromatic rings. The number of carbonyl (C=O) groups is 1. The van der Waals surface area contributed by atoms with Crippen LogP contribution in [0.2, 0.25) is 0 Å². The second-order valence-electron chi connectivity index (χ2n) is 4.90. The number of nitro groups is 1. The molecule has 0 aliphatic heterocycles. The quantitative estimate of drug-likeness (QED) is 0.647. The van der Waals surface area contributed by atoms with Gasteiger partial charge in [0.15, 0.2) is 0 Å². The number of amides is 1. The molecule has 0 atom stereocenters. The van der Waals surface area contributed by atoms with Crippen LogP contribution < -0.4 is 5.32 Å².